The average Bonchev–Trinajstić information content (AvgIpc) is 2.96. The Balaban J connectivity index is 1.77. The highest BCUT2D eigenvalue weighted by Gasteiger charge is 2.20. The number of nitrogens with one attached hydrogen (secondary N) is 1. The highest BCUT2D eigenvalue weighted by molar-refractivity contribution is 5.80. The molecule has 0 aliphatic heterocycles. The lowest BCUT2D eigenvalue weighted by atomic mass is 10.2. The molecule has 0 bridgehead atoms. The quantitative estimate of drug-likeness (QED) is 0.770. The van der Waals surface area contributed by atoms with Crippen molar-refractivity contribution in [2.75, 3.05) is 6.54 Å². The van der Waals surface area contributed by atoms with Crippen LogP contribution in [0.2, 0.25) is 0 Å². The Kier molecular flexibility index (Phi) is 3.89. The lowest BCUT2D eigenvalue weighted by molar-refractivity contribution is -0.118. The van der Waals surface area contributed by atoms with Crippen LogP contribution in [0.1, 0.15) is 45.0 Å². The van der Waals surface area contributed by atoms with Gasteiger partial charge in [0.2, 0.25) is 0 Å². The third kappa shape index (κ3) is 3.63. The predicted octanol–water partition coefficient (Wildman–Crippen LogP) is 1.11. The molecule has 5 heteroatoms. The summed E-state index contributed by atoms with van der Waals surface area (Å²) in [5.74, 6) is 1.00. The molecule has 1 aliphatic carbocycles. The second-order valence-electron chi connectivity index (χ2n) is 4.91. The maximum absolute atomic E-state index is 11.8. The van der Waals surface area contributed by atoms with Crippen molar-refractivity contribution in [3.63, 3.8) is 0 Å². The van der Waals surface area contributed by atoms with Gasteiger partial charge in [-0.25, -0.2) is 9.67 Å². The second-order valence-corrected chi connectivity index (χ2v) is 4.91. The number of ketones is 1. The van der Waals surface area contributed by atoms with Crippen LogP contribution in [0.4, 0.5) is 0 Å². The number of rotatable bonds is 7. The Bertz CT molecular complexity index is 382. The Labute approximate surface area is 102 Å². The first-order valence-corrected chi connectivity index (χ1v) is 6.30. The lowest BCUT2D eigenvalue weighted by Crippen LogP contribution is -2.21. The van der Waals surface area contributed by atoms with Gasteiger partial charge in [-0.1, -0.05) is 0 Å². The smallest absolute Gasteiger partial charge is 0.141 e. The fourth-order valence-electron chi connectivity index (χ4n) is 1.80. The lowest BCUT2D eigenvalue weighted by Gasteiger charge is -2.08. The minimum absolute atomic E-state index is 0.230. The second kappa shape index (κ2) is 5.40. The summed E-state index contributed by atoms with van der Waals surface area (Å²) in [6.45, 7) is 4.87. The molecule has 1 aromatic rings. The maximum atomic E-state index is 11.8. The molecule has 0 unspecified atom stereocenters. The van der Waals surface area contributed by atoms with Gasteiger partial charge in [0.25, 0.3) is 0 Å². The van der Waals surface area contributed by atoms with Gasteiger partial charge in [-0.3, -0.25) is 4.79 Å². The third-order valence-electron chi connectivity index (χ3n) is 2.91. The van der Waals surface area contributed by atoms with Crippen molar-refractivity contribution in [3.05, 3.63) is 12.2 Å². The summed E-state index contributed by atoms with van der Waals surface area (Å²) in [7, 11) is 0. The molecule has 1 aliphatic rings. The van der Waals surface area contributed by atoms with E-state index in [1.54, 1.807) is 0 Å². The van der Waals surface area contributed by atoms with Crippen molar-refractivity contribution < 1.29 is 4.79 Å². The summed E-state index contributed by atoms with van der Waals surface area (Å²) >= 11 is 0. The van der Waals surface area contributed by atoms with Gasteiger partial charge >= 0.3 is 0 Å². The monoisotopic (exact) mass is 236 g/mol. The minimum atomic E-state index is 0.230. The molecular formula is C12H20N4O. The number of hydrogen-bond acceptors (Lipinski definition) is 4. The molecular weight excluding hydrogens is 216 g/mol. The summed E-state index contributed by atoms with van der Waals surface area (Å²) in [5, 5.41) is 7.47. The molecule has 17 heavy (non-hydrogen) atoms. The van der Waals surface area contributed by atoms with Gasteiger partial charge in [0.15, 0.2) is 0 Å². The molecule has 94 valence electrons. The fraction of sp³-hybridized carbons (Fsp3) is 0.750. The van der Waals surface area contributed by atoms with E-state index in [-0.39, 0.29) is 11.8 Å². The topological polar surface area (TPSA) is 59.8 Å². The molecule has 0 amide bonds. The molecule has 1 saturated carbocycles. The summed E-state index contributed by atoms with van der Waals surface area (Å²) in [6, 6.07) is 0.923. The van der Waals surface area contributed by atoms with E-state index < -0.39 is 0 Å². The summed E-state index contributed by atoms with van der Waals surface area (Å²) in [5.41, 5.74) is 0. The van der Waals surface area contributed by atoms with Crippen LogP contribution in [-0.2, 0) is 11.2 Å². The molecule has 0 atom stereocenters. The molecule has 0 saturated heterocycles. The molecule has 1 N–H and O–H groups in total. The van der Waals surface area contributed by atoms with E-state index in [1.165, 1.54) is 19.2 Å². The van der Waals surface area contributed by atoms with E-state index in [2.05, 4.69) is 15.4 Å². The van der Waals surface area contributed by atoms with E-state index in [9.17, 15) is 4.79 Å². The van der Waals surface area contributed by atoms with Crippen LogP contribution in [0.25, 0.3) is 0 Å². The van der Waals surface area contributed by atoms with Crippen molar-refractivity contribution >= 4 is 5.78 Å². The zero-order valence-corrected chi connectivity index (χ0v) is 10.5. The first-order valence-electron chi connectivity index (χ1n) is 6.30. The van der Waals surface area contributed by atoms with E-state index in [1.807, 2.05) is 18.5 Å². The van der Waals surface area contributed by atoms with Crippen LogP contribution in [0.5, 0.6) is 0 Å². The van der Waals surface area contributed by atoms with Crippen molar-refractivity contribution in [3.8, 4) is 0 Å². The van der Waals surface area contributed by atoms with E-state index >= 15 is 0 Å². The highest BCUT2D eigenvalue weighted by Crippen LogP contribution is 2.18. The molecule has 0 aromatic carbocycles. The average molecular weight is 236 g/mol. The van der Waals surface area contributed by atoms with E-state index in [4.69, 9.17) is 0 Å². The van der Waals surface area contributed by atoms with Crippen LogP contribution in [-0.4, -0.2) is 33.1 Å². The van der Waals surface area contributed by atoms with Crippen LogP contribution in [0, 0.1) is 0 Å². The Morgan fingerprint density at radius 3 is 3.00 bits per heavy atom. The normalized spacial score (nSPS) is 15.5. The molecule has 1 heterocycles. The van der Waals surface area contributed by atoms with Crippen LogP contribution in [0.15, 0.2) is 6.33 Å². The molecule has 2 rings (SSSR count). The molecule has 5 nitrogen and oxygen atoms in total. The van der Waals surface area contributed by atoms with Gasteiger partial charge in [0.05, 0.1) is 6.42 Å². The van der Waals surface area contributed by atoms with Gasteiger partial charge in [-0.05, 0) is 26.7 Å². The van der Waals surface area contributed by atoms with Crippen molar-refractivity contribution in [1.82, 2.24) is 20.1 Å². The summed E-state index contributed by atoms with van der Waals surface area (Å²) < 4.78 is 1.81. The molecule has 1 fully saturated rings. The van der Waals surface area contributed by atoms with E-state index in [0.717, 1.165) is 12.4 Å². The van der Waals surface area contributed by atoms with Crippen LogP contribution >= 0.6 is 0 Å². The first kappa shape index (κ1) is 12.2. The number of Topliss-reactive ketones (excluding diaryl/α,β-unsaturated/α-hetero) is 1. The Morgan fingerprint density at radius 2 is 2.35 bits per heavy atom. The summed E-state index contributed by atoms with van der Waals surface area (Å²) in [6.07, 6.45) is 5.02. The highest BCUT2D eigenvalue weighted by atomic mass is 16.1. The maximum Gasteiger partial charge on any atom is 0.141 e. The van der Waals surface area contributed by atoms with Gasteiger partial charge in [-0.2, -0.15) is 5.10 Å². The van der Waals surface area contributed by atoms with Crippen molar-refractivity contribution in [2.24, 2.45) is 0 Å². The predicted molar refractivity (Wildman–Crippen MR) is 64.8 cm³/mol. The largest absolute Gasteiger partial charge is 0.314 e. The number of carbonyl (C=O) groups is 1. The third-order valence-corrected chi connectivity index (χ3v) is 2.91. The van der Waals surface area contributed by atoms with Gasteiger partial charge in [0.1, 0.15) is 17.9 Å². The minimum Gasteiger partial charge on any atom is -0.314 e. The van der Waals surface area contributed by atoms with Gasteiger partial charge in [0, 0.05) is 25.0 Å². The molecule has 0 spiro atoms. The number of nitrogens with zero attached hydrogens (tertiary/aromatic N) is 3. The summed E-state index contributed by atoms with van der Waals surface area (Å²) in [4.78, 5) is 15.9. The van der Waals surface area contributed by atoms with Gasteiger partial charge < -0.3 is 5.32 Å². The molecule has 1 aromatic heterocycles. The van der Waals surface area contributed by atoms with Crippen molar-refractivity contribution in [1.29, 1.82) is 0 Å². The van der Waals surface area contributed by atoms with Crippen LogP contribution < -0.4 is 5.32 Å². The number of carbonyl (C=O) groups excluding carboxylic acids is 1. The zero-order chi connectivity index (χ0) is 12.3. The van der Waals surface area contributed by atoms with Crippen molar-refractivity contribution in [2.45, 2.75) is 51.6 Å². The van der Waals surface area contributed by atoms with E-state index in [0.29, 0.717) is 18.9 Å². The zero-order valence-electron chi connectivity index (χ0n) is 10.5. The Hall–Kier alpha value is -1.23. The van der Waals surface area contributed by atoms with Gasteiger partial charge in [-0.15, -0.1) is 0 Å². The first-order chi connectivity index (χ1) is 8.16. The number of hydrogen-bond donors (Lipinski definition) is 1. The number of aromatic nitrogens is 3. The van der Waals surface area contributed by atoms with Crippen LogP contribution in [0.3, 0.4) is 0 Å². The SMILES string of the molecule is CC(C)n1ncnc1CC(=O)CCNC1CC1. The standard InChI is InChI=1S/C12H20N4O/c1-9(2)16-12(14-8-15-16)7-11(17)5-6-13-10-3-4-10/h8-10,13H,3-7H2,1-2H3. The molecule has 0 radical (unpaired) electrons. The Morgan fingerprint density at radius 1 is 1.59 bits per heavy atom. The fourth-order valence-corrected chi connectivity index (χ4v) is 1.80.